The first-order chi connectivity index (χ1) is 15.3. The van der Waals surface area contributed by atoms with E-state index in [1.807, 2.05) is 13.1 Å². The molecule has 1 amide bonds. The third-order valence-corrected chi connectivity index (χ3v) is 6.20. The van der Waals surface area contributed by atoms with Crippen LogP contribution in [-0.4, -0.2) is 37.4 Å². The standard InChI is InChI=1S/C21H17ClF2N6OS/c1-21(12-8-27-30(2)10-12,17-6-3-13(22)9-25-17)11-26-18(31)20-29-28-19(32-20)15-5-4-14(23)7-16(15)24/h3-10H,11H2,1-2H3,(H,26,31). The fourth-order valence-electron chi connectivity index (χ4n) is 3.17. The van der Waals surface area contributed by atoms with Gasteiger partial charge in [0, 0.05) is 43.2 Å². The largest absolute Gasteiger partial charge is 0.349 e. The Labute approximate surface area is 191 Å². The molecule has 3 aromatic heterocycles. The Balaban J connectivity index is 1.57. The van der Waals surface area contributed by atoms with E-state index in [0.29, 0.717) is 10.7 Å². The van der Waals surface area contributed by atoms with Gasteiger partial charge in [0.15, 0.2) is 5.01 Å². The van der Waals surface area contributed by atoms with Crippen molar-refractivity contribution in [2.45, 2.75) is 12.3 Å². The first-order valence-electron chi connectivity index (χ1n) is 9.44. The van der Waals surface area contributed by atoms with Crippen molar-refractivity contribution in [1.82, 2.24) is 30.3 Å². The lowest BCUT2D eigenvalue weighted by molar-refractivity contribution is 0.0946. The maximum absolute atomic E-state index is 14.0. The molecule has 4 rings (SSSR count). The number of pyridine rings is 1. The normalized spacial score (nSPS) is 13.0. The van der Waals surface area contributed by atoms with Crippen molar-refractivity contribution in [2.75, 3.05) is 6.54 Å². The van der Waals surface area contributed by atoms with Crippen LogP contribution in [0.2, 0.25) is 5.02 Å². The highest BCUT2D eigenvalue weighted by Crippen LogP contribution is 2.31. The van der Waals surface area contributed by atoms with Crippen molar-refractivity contribution in [2.24, 2.45) is 7.05 Å². The van der Waals surface area contributed by atoms with E-state index in [9.17, 15) is 13.6 Å². The van der Waals surface area contributed by atoms with Gasteiger partial charge in [0.25, 0.3) is 5.91 Å². The molecule has 32 heavy (non-hydrogen) atoms. The smallest absolute Gasteiger partial charge is 0.282 e. The van der Waals surface area contributed by atoms with Crippen LogP contribution in [0, 0.1) is 11.6 Å². The molecule has 0 saturated heterocycles. The van der Waals surface area contributed by atoms with Crippen molar-refractivity contribution >= 4 is 28.8 Å². The second-order valence-corrected chi connectivity index (χ2v) is 8.73. The third kappa shape index (κ3) is 4.37. The minimum atomic E-state index is -0.772. The fraction of sp³-hybridized carbons (Fsp3) is 0.190. The predicted molar refractivity (Wildman–Crippen MR) is 117 cm³/mol. The molecule has 0 radical (unpaired) electrons. The SMILES string of the molecule is Cn1cc(C(C)(CNC(=O)c2nnc(-c3ccc(F)cc3F)s2)c2ccc(Cl)cn2)cn1. The van der Waals surface area contributed by atoms with Gasteiger partial charge in [-0.3, -0.25) is 14.5 Å². The van der Waals surface area contributed by atoms with Gasteiger partial charge in [0.1, 0.15) is 11.6 Å². The summed E-state index contributed by atoms with van der Waals surface area (Å²) in [6.07, 6.45) is 5.10. The van der Waals surface area contributed by atoms with E-state index >= 15 is 0 Å². The molecule has 1 aromatic carbocycles. The predicted octanol–water partition coefficient (Wildman–Crippen LogP) is 4.00. The summed E-state index contributed by atoms with van der Waals surface area (Å²) in [6.45, 7) is 2.12. The minimum Gasteiger partial charge on any atom is -0.349 e. The van der Waals surface area contributed by atoms with E-state index in [2.05, 4.69) is 25.6 Å². The maximum atomic E-state index is 14.0. The monoisotopic (exact) mass is 474 g/mol. The van der Waals surface area contributed by atoms with E-state index in [-0.39, 0.29) is 22.1 Å². The number of hydrogen-bond donors (Lipinski definition) is 1. The van der Waals surface area contributed by atoms with E-state index in [1.165, 1.54) is 6.07 Å². The van der Waals surface area contributed by atoms with E-state index < -0.39 is 23.0 Å². The molecule has 1 N–H and O–H groups in total. The highest BCUT2D eigenvalue weighted by molar-refractivity contribution is 7.16. The van der Waals surface area contributed by atoms with Gasteiger partial charge < -0.3 is 5.32 Å². The number of hydrogen-bond acceptors (Lipinski definition) is 6. The summed E-state index contributed by atoms with van der Waals surface area (Å²) < 4.78 is 28.9. The quantitative estimate of drug-likeness (QED) is 0.456. The molecule has 0 fully saturated rings. The number of aryl methyl sites for hydroxylation is 1. The van der Waals surface area contributed by atoms with E-state index in [0.717, 1.165) is 29.0 Å². The number of aromatic nitrogens is 5. The average Bonchev–Trinajstić information content (AvgIpc) is 3.42. The van der Waals surface area contributed by atoms with Gasteiger partial charge >= 0.3 is 0 Å². The number of nitrogens with zero attached hydrogens (tertiary/aromatic N) is 5. The number of halogens is 3. The summed E-state index contributed by atoms with van der Waals surface area (Å²) in [5.74, 6) is -1.94. The van der Waals surface area contributed by atoms with Crippen LogP contribution in [0.5, 0.6) is 0 Å². The van der Waals surface area contributed by atoms with Gasteiger partial charge in [0.05, 0.1) is 22.3 Å². The van der Waals surface area contributed by atoms with Crippen LogP contribution in [0.3, 0.4) is 0 Å². The number of nitrogens with one attached hydrogen (secondary N) is 1. The third-order valence-electron chi connectivity index (χ3n) is 5.02. The van der Waals surface area contributed by atoms with Crippen LogP contribution in [0.1, 0.15) is 28.0 Å². The lowest BCUT2D eigenvalue weighted by atomic mass is 9.80. The number of carbonyl (C=O) groups is 1. The molecule has 7 nitrogen and oxygen atoms in total. The molecular weight excluding hydrogens is 458 g/mol. The van der Waals surface area contributed by atoms with Crippen molar-refractivity contribution in [3.63, 3.8) is 0 Å². The summed E-state index contributed by atoms with van der Waals surface area (Å²) >= 11 is 6.90. The lowest BCUT2D eigenvalue weighted by Gasteiger charge is -2.28. The number of rotatable bonds is 6. The summed E-state index contributed by atoms with van der Waals surface area (Å²) in [7, 11) is 1.80. The van der Waals surface area contributed by atoms with Crippen molar-refractivity contribution in [3.8, 4) is 10.6 Å². The Morgan fingerprint density at radius 1 is 1.22 bits per heavy atom. The Morgan fingerprint density at radius 2 is 2.03 bits per heavy atom. The average molecular weight is 475 g/mol. The fourth-order valence-corrected chi connectivity index (χ4v) is 4.07. The Kier molecular flexibility index (Phi) is 5.98. The van der Waals surface area contributed by atoms with Crippen LogP contribution in [0.15, 0.2) is 48.9 Å². The summed E-state index contributed by atoms with van der Waals surface area (Å²) in [5.41, 5.74) is 0.918. The van der Waals surface area contributed by atoms with Crippen molar-refractivity contribution in [1.29, 1.82) is 0 Å². The molecule has 3 heterocycles. The second-order valence-electron chi connectivity index (χ2n) is 7.32. The molecule has 0 aliphatic heterocycles. The molecule has 1 atom stereocenters. The van der Waals surface area contributed by atoms with E-state index in [1.54, 1.807) is 36.3 Å². The minimum absolute atomic E-state index is 0.0568. The van der Waals surface area contributed by atoms with Gasteiger partial charge in [0.2, 0.25) is 5.01 Å². The lowest BCUT2D eigenvalue weighted by Crippen LogP contribution is -2.40. The molecule has 0 aliphatic carbocycles. The van der Waals surface area contributed by atoms with Crippen LogP contribution in [0.4, 0.5) is 8.78 Å². The second kappa shape index (κ2) is 8.71. The van der Waals surface area contributed by atoms with E-state index in [4.69, 9.17) is 11.6 Å². The molecule has 1 unspecified atom stereocenters. The zero-order valence-corrected chi connectivity index (χ0v) is 18.6. The van der Waals surface area contributed by atoms with Crippen molar-refractivity contribution in [3.05, 3.63) is 81.8 Å². The molecule has 164 valence electrons. The Bertz CT molecular complexity index is 1280. The van der Waals surface area contributed by atoms with Crippen molar-refractivity contribution < 1.29 is 13.6 Å². The Morgan fingerprint density at radius 3 is 2.69 bits per heavy atom. The summed E-state index contributed by atoms with van der Waals surface area (Å²) in [4.78, 5) is 17.2. The zero-order valence-electron chi connectivity index (χ0n) is 17.0. The first-order valence-corrected chi connectivity index (χ1v) is 10.6. The molecule has 0 spiro atoms. The highest BCUT2D eigenvalue weighted by Gasteiger charge is 2.33. The molecular formula is C21H17ClF2N6OS. The molecule has 11 heteroatoms. The van der Waals surface area contributed by atoms with Gasteiger partial charge in [-0.2, -0.15) is 5.10 Å². The molecule has 0 saturated carbocycles. The zero-order chi connectivity index (χ0) is 22.9. The number of carbonyl (C=O) groups excluding carboxylic acids is 1. The summed E-state index contributed by atoms with van der Waals surface area (Å²) in [6, 6.07) is 6.67. The molecule has 0 bridgehead atoms. The maximum Gasteiger partial charge on any atom is 0.282 e. The highest BCUT2D eigenvalue weighted by atomic mass is 35.5. The van der Waals surface area contributed by atoms with Crippen LogP contribution >= 0.6 is 22.9 Å². The number of benzene rings is 1. The Hall–Kier alpha value is -3.24. The van der Waals surface area contributed by atoms with Crippen LogP contribution in [-0.2, 0) is 12.5 Å². The number of amides is 1. The van der Waals surface area contributed by atoms with Crippen LogP contribution < -0.4 is 5.32 Å². The first kappa shape index (κ1) is 22.0. The van der Waals surface area contributed by atoms with Crippen LogP contribution in [0.25, 0.3) is 10.6 Å². The van der Waals surface area contributed by atoms with Gasteiger partial charge in [-0.25, -0.2) is 8.78 Å². The van der Waals surface area contributed by atoms with Gasteiger partial charge in [-0.1, -0.05) is 22.9 Å². The molecule has 0 aliphatic rings. The molecule has 4 aromatic rings. The summed E-state index contributed by atoms with van der Waals surface area (Å²) in [5, 5.41) is 15.6. The van der Waals surface area contributed by atoms with Gasteiger partial charge in [-0.05, 0) is 31.2 Å². The van der Waals surface area contributed by atoms with Gasteiger partial charge in [-0.15, -0.1) is 10.2 Å². The topological polar surface area (TPSA) is 85.6 Å².